The molecule has 1 fully saturated rings. The second kappa shape index (κ2) is 10.3. The van der Waals surface area contributed by atoms with Gasteiger partial charge in [0.15, 0.2) is 11.4 Å². The number of likely N-dealkylation sites (N-methyl/N-ethyl adjacent to an activating group) is 1. The zero-order chi connectivity index (χ0) is 29.9. The number of hydrogen-bond acceptors (Lipinski definition) is 10. The number of nitrogens with zero attached hydrogens (tertiary/aromatic N) is 1. The SMILES string of the molecule is CNCc1cc(CNCC(C)(C)C)c2c(c1O)C(O)=C1C(=O)C3(O)C(O)=C(C(N)=O)C(=O)C(N(C)C)C3CC1C2. The first-order chi connectivity index (χ1) is 18.6. The van der Waals surface area contributed by atoms with E-state index < -0.39 is 58.0 Å². The smallest absolute Gasteiger partial charge is 0.255 e. The van der Waals surface area contributed by atoms with Gasteiger partial charge < -0.3 is 36.8 Å². The van der Waals surface area contributed by atoms with Crippen LogP contribution in [0, 0.1) is 17.3 Å². The number of aliphatic hydroxyl groups excluding tert-OH is 2. The second-order valence-electron chi connectivity index (χ2n) is 12.6. The molecule has 3 aliphatic carbocycles. The summed E-state index contributed by atoms with van der Waals surface area (Å²) in [5, 5.41) is 51.9. The van der Waals surface area contributed by atoms with E-state index in [1.54, 1.807) is 21.1 Å². The van der Waals surface area contributed by atoms with Gasteiger partial charge in [-0.05, 0) is 62.5 Å². The van der Waals surface area contributed by atoms with Gasteiger partial charge in [0.05, 0.1) is 11.6 Å². The minimum Gasteiger partial charge on any atom is -0.508 e. The van der Waals surface area contributed by atoms with Crippen LogP contribution in [0.15, 0.2) is 23.0 Å². The Morgan fingerprint density at radius 2 is 1.80 bits per heavy atom. The molecule has 0 radical (unpaired) electrons. The van der Waals surface area contributed by atoms with Crippen molar-refractivity contribution in [1.82, 2.24) is 15.5 Å². The van der Waals surface area contributed by atoms with Gasteiger partial charge in [0, 0.05) is 36.7 Å². The zero-order valence-electron chi connectivity index (χ0n) is 23.9. The quantitative estimate of drug-likeness (QED) is 0.237. The molecule has 4 unspecified atom stereocenters. The summed E-state index contributed by atoms with van der Waals surface area (Å²) in [4.78, 5) is 40.9. The number of amides is 1. The van der Waals surface area contributed by atoms with E-state index in [1.165, 1.54) is 4.90 Å². The Bertz CT molecular complexity index is 1340. The molecule has 1 aromatic rings. The van der Waals surface area contributed by atoms with E-state index in [0.717, 1.165) is 5.56 Å². The van der Waals surface area contributed by atoms with Gasteiger partial charge in [-0.1, -0.05) is 20.8 Å². The number of hydrogen-bond donors (Lipinski definition) is 7. The third kappa shape index (κ3) is 4.60. The maximum atomic E-state index is 14.0. The lowest BCUT2D eigenvalue weighted by molar-refractivity contribution is -0.153. The molecule has 1 aromatic carbocycles. The van der Waals surface area contributed by atoms with Crippen LogP contribution in [0.3, 0.4) is 0 Å². The number of aliphatic hydroxyl groups is 3. The Balaban J connectivity index is 1.91. The minimum atomic E-state index is -2.65. The van der Waals surface area contributed by atoms with E-state index in [0.29, 0.717) is 30.8 Å². The maximum Gasteiger partial charge on any atom is 0.255 e. The lowest BCUT2D eigenvalue weighted by Gasteiger charge is -2.50. The lowest BCUT2D eigenvalue weighted by atomic mass is 9.57. The summed E-state index contributed by atoms with van der Waals surface area (Å²) in [6.45, 7) is 7.79. The van der Waals surface area contributed by atoms with Crippen LogP contribution in [0.2, 0.25) is 0 Å². The average Bonchev–Trinajstić information content (AvgIpc) is 2.83. The number of benzene rings is 1. The number of nitrogens with two attached hydrogens (primary N) is 1. The molecule has 0 spiro atoms. The Hall–Kier alpha value is -3.25. The molecule has 0 aliphatic heterocycles. The predicted molar refractivity (Wildman–Crippen MR) is 148 cm³/mol. The number of phenolic OH excluding ortho intramolecular Hbond substituents is 1. The third-order valence-electron chi connectivity index (χ3n) is 8.23. The number of fused-ring (bicyclic) bond motifs is 3. The van der Waals surface area contributed by atoms with Gasteiger partial charge >= 0.3 is 0 Å². The van der Waals surface area contributed by atoms with Crippen molar-refractivity contribution in [2.75, 3.05) is 27.7 Å². The van der Waals surface area contributed by atoms with Crippen LogP contribution in [0.5, 0.6) is 5.75 Å². The lowest BCUT2D eigenvalue weighted by Crippen LogP contribution is -2.65. The van der Waals surface area contributed by atoms with Crippen molar-refractivity contribution >= 4 is 23.2 Å². The van der Waals surface area contributed by atoms with Crippen LogP contribution in [-0.2, 0) is 33.9 Å². The van der Waals surface area contributed by atoms with E-state index in [9.17, 15) is 34.8 Å². The average molecular weight is 557 g/mol. The molecule has 0 heterocycles. The van der Waals surface area contributed by atoms with Gasteiger partial charge in [-0.25, -0.2) is 0 Å². The summed E-state index contributed by atoms with van der Waals surface area (Å²) in [5.41, 5.74) is 3.92. The molecular formula is C29H40N4O7. The molecule has 218 valence electrons. The molecule has 0 bridgehead atoms. The van der Waals surface area contributed by atoms with Gasteiger partial charge in [-0.3, -0.25) is 19.3 Å². The predicted octanol–water partition coefficient (Wildman–Crippen LogP) is 0.819. The Morgan fingerprint density at radius 1 is 1.15 bits per heavy atom. The number of aromatic hydroxyl groups is 1. The summed E-state index contributed by atoms with van der Waals surface area (Å²) in [6, 6.07) is 0.761. The molecule has 3 aliphatic rings. The first kappa shape index (κ1) is 29.7. The molecule has 0 saturated heterocycles. The number of carbonyl (C=O) groups excluding carboxylic acids is 3. The molecule has 4 rings (SSSR count). The van der Waals surface area contributed by atoms with Crippen LogP contribution in [0.25, 0.3) is 5.76 Å². The number of Topliss-reactive ketones (excluding diaryl/α,β-unsaturated/α-hetero) is 2. The summed E-state index contributed by atoms with van der Waals surface area (Å²) in [5.74, 6) is -6.52. The standard InChI is InChI=1S/C29H40N4O7/c1-28(2,3)12-32-11-14-7-15(10-31-4)22(34)19-16(14)8-13-9-17-21(33(5)6)24(36)20(27(30)39)26(38)29(17,40)25(37)18(13)23(19)35/h7,13,17,21,31-32,34-35,38,40H,8-12H2,1-6H3,(H2,30,39). The third-order valence-corrected chi connectivity index (χ3v) is 8.23. The molecule has 4 atom stereocenters. The van der Waals surface area contributed by atoms with Crippen molar-refractivity contribution in [1.29, 1.82) is 0 Å². The summed E-state index contributed by atoms with van der Waals surface area (Å²) >= 11 is 0. The van der Waals surface area contributed by atoms with Crippen LogP contribution in [0.4, 0.5) is 0 Å². The van der Waals surface area contributed by atoms with E-state index in [1.807, 2.05) is 6.07 Å². The van der Waals surface area contributed by atoms with Crippen molar-refractivity contribution in [3.8, 4) is 5.75 Å². The van der Waals surface area contributed by atoms with Crippen molar-refractivity contribution in [2.24, 2.45) is 23.0 Å². The Labute approximate surface area is 233 Å². The fraction of sp³-hybridized carbons (Fsp3) is 0.552. The van der Waals surface area contributed by atoms with Gasteiger partial charge in [-0.15, -0.1) is 0 Å². The number of ketones is 2. The Morgan fingerprint density at radius 3 is 2.35 bits per heavy atom. The molecule has 8 N–H and O–H groups in total. The van der Waals surface area contributed by atoms with Crippen molar-refractivity contribution in [3.05, 3.63) is 45.2 Å². The van der Waals surface area contributed by atoms with Gasteiger partial charge in [-0.2, -0.15) is 0 Å². The largest absolute Gasteiger partial charge is 0.508 e. The van der Waals surface area contributed by atoms with Gasteiger partial charge in [0.2, 0.25) is 5.78 Å². The van der Waals surface area contributed by atoms with Crippen LogP contribution in [0.1, 0.15) is 49.4 Å². The number of carbonyl (C=O) groups is 3. The number of nitrogens with one attached hydrogen (secondary N) is 2. The van der Waals surface area contributed by atoms with Gasteiger partial charge in [0.25, 0.3) is 5.91 Å². The molecule has 1 amide bonds. The number of primary amides is 1. The normalized spacial score (nSPS) is 26.6. The Kier molecular flexibility index (Phi) is 7.65. The highest BCUT2D eigenvalue weighted by atomic mass is 16.3. The van der Waals surface area contributed by atoms with E-state index in [2.05, 4.69) is 31.4 Å². The van der Waals surface area contributed by atoms with Crippen molar-refractivity contribution in [3.63, 3.8) is 0 Å². The van der Waals surface area contributed by atoms with E-state index >= 15 is 0 Å². The molecule has 11 heteroatoms. The highest BCUT2D eigenvalue weighted by Gasteiger charge is 2.64. The second-order valence-corrected chi connectivity index (χ2v) is 12.6. The summed E-state index contributed by atoms with van der Waals surface area (Å²) in [6.07, 6.45) is 0.314. The highest BCUT2D eigenvalue weighted by Crippen LogP contribution is 2.53. The first-order valence-electron chi connectivity index (χ1n) is 13.4. The minimum absolute atomic E-state index is 0.0221. The fourth-order valence-electron chi connectivity index (χ4n) is 6.51. The number of phenols is 1. The van der Waals surface area contributed by atoms with E-state index in [-0.39, 0.29) is 35.1 Å². The summed E-state index contributed by atoms with van der Waals surface area (Å²) < 4.78 is 0. The topological polar surface area (TPSA) is 185 Å². The molecule has 0 aromatic heterocycles. The first-order valence-corrected chi connectivity index (χ1v) is 13.4. The molecular weight excluding hydrogens is 516 g/mol. The number of rotatable bonds is 7. The fourth-order valence-corrected chi connectivity index (χ4v) is 6.51. The zero-order valence-corrected chi connectivity index (χ0v) is 23.9. The van der Waals surface area contributed by atoms with E-state index in [4.69, 9.17) is 5.73 Å². The molecule has 1 saturated carbocycles. The van der Waals surface area contributed by atoms with Crippen molar-refractivity contribution < 1.29 is 34.8 Å². The summed E-state index contributed by atoms with van der Waals surface area (Å²) in [7, 11) is 4.88. The monoisotopic (exact) mass is 556 g/mol. The molecule has 40 heavy (non-hydrogen) atoms. The maximum absolute atomic E-state index is 14.0. The van der Waals surface area contributed by atoms with Gasteiger partial charge in [0.1, 0.15) is 22.8 Å². The molecule has 11 nitrogen and oxygen atoms in total. The van der Waals surface area contributed by atoms with Crippen LogP contribution < -0.4 is 16.4 Å². The van der Waals surface area contributed by atoms with Crippen molar-refractivity contribution in [2.45, 2.75) is 58.3 Å². The van der Waals surface area contributed by atoms with Crippen LogP contribution in [-0.4, -0.2) is 82.1 Å². The highest BCUT2D eigenvalue weighted by molar-refractivity contribution is 6.24. The van der Waals surface area contributed by atoms with Crippen LogP contribution >= 0.6 is 0 Å².